The Balaban J connectivity index is 1.69. The van der Waals surface area contributed by atoms with E-state index in [4.69, 9.17) is 4.74 Å². The third-order valence-electron chi connectivity index (χ3n) is 4.39. The minimum absolute atomic E-state index is 0.0391. The van der Waals surface area contributed by atoms with Crippen molar-refractivity contribution in [2.45, 2.75) is 6.04 Å². The fourth-order valence-electron chi connectivity index (χ4n) is 3.00. The SMILES string of the molecule is Cn1cccc1C(=O)C(=O)NCC(c1cccnc1)N1CCOCC1. The van der Waals surface area contributed by atoms with Crippen molar-refractivity contribution < 1.29 is 14.3 Å². The number of carbonyl (C=O) groups is 2. The lowest BCUT2D eigenvalue weighted by Gasteiger charge is -2.34. The maximum atomic E-state index is 12.3. The van der Waals surface area contributed by atoms with Gasteiger partial charge in [0.2, 0.25) is 0 Å². The van der Waals surface area contributed by atoms with Crippen LogP contribution in [0.2, 0.25) is 0 Å². The summed E-state index contributed by atoms with van der Waals surface area (Å²) in [7, 11) is 1.74. The number of rotatable bonds is 6. The first-order valence-corrected chi connectivity index (χ1v) is 8.32. The number of Topliss-reactive ketones (excluding diaryl/α,β-unsaturated/α-hetero) is 1. The van der Waals surface area contributed by atoms with Crippen LogP contribution in [-0.4, -0.2) is 59.0 Å². The molecule has 0 radical (unpaired) electrons. The summed E-state index contributed by atoms with van der Waals surface area (Å²) in [5.41, 5.74) is 1.39. The van der Waals surface area contributed by atoms with E-state index in [0.29, 0.717) is 25.5 Å². The lowest BCUT2D eigenvalue weighted by atomic mass is 10.1. The van der Waals surface area contributed by atoms with Gasteiger partial charge < -0.3 is 14.6 Å². The number of pyridine rings is 1. The third kappa shape index (κ3) is 4.12. The Bertz CT molecular complexity index is 723. The van der Waals surface area contributed by atoms with Crippen molar-refractivity contribution in [3.63, 3.8) is 0 Å². The molecule has 3 rings (SSSR count). The van der Waals surface area contributed by atoms with Crippen LogP contribution in [0.3, 0.4) is 0 Å². The zero-order chi connectivity index (χ0) is 17.6. The minimum Gasteiger partial charge on any atom is -0.379 e. The molecular formula is C18H22N4O3. The predicted molar refractivity (Wildman–Crippen MR) is 92.1 cm³/mol. The summed E-state index contributed by atoms with van der Waals surface area (Å²) in [5.74, 6) is -1.12. The van der Waals surface area contributed by atoms with Crippen LogP contribution >= 0.6 is 0 Å². The molecule has 1 aliphatic rings. The molecule has 1 N–H and O–H groups in total. The Hall–Kier alpha value is -2.51. The highest BCUT2D eigenvalue weighted by atomic mass is 16.5. The van der Waals surface area contributed by atoms with Gasteiger partial charge in [-0.3, -0.25) is 19.5 Å². The average Bonchev–Trinajstić information content (AvgIpc) is 3.09. The Kier molecular flexibility index (Phi) is 5.57. The Labute approximate surface area is 146 Å². The molecule has 1 atom stereocenters. The highest BCUT2D eigenvalue weighted by Gasteiger charge is 2.25. The number of morpholine rings is 1. The molecule has 0 aliphatic carbocycles. The van der Waals surface area contributed by atoms with Crippen LogP contribution < -0.4 is 5.32 Å². The van der Waals surface area contributed by atoms with Crippen LogP contribution in [0.25, 0.3) is 0 Å². The Morgan fingerprint density at radius 3 is 2.72 bits per heavy atom. The number of amides is 1. The van der Waals surface area contributed by atoms with Crippen LogP contribution in [0.5, 0.6) is 0 Å². The summed E-state index contributed by atoms with van der Waals surface area (Å²) in [4.78, 5) is 31.0. The van der Waals surface area contributed by atoms with Crippen molar-refractivity contribution in [3.05, 3.63) is 54.1 Å². The molecule has 7 nitrogen and oxygen atoms in total. The Morgan fingerprint density at radius 1 is 1.28 bits per heavy atom. The number of hydrogen-bond acceptors (Lipinski definition) is 5. The molecule has 1 unspecified atom stereocenters. The molecule has 132 valence electrons. The normalized spacial score (nSPS) is 16.4. The van der Waals surface area contributed by atoms with E-state index in [9.17, 15) is 9.59 Å². The van der Waals surface area contributed by atoms with E-state index in [0.717, 1.165) is 18.7 Å². The molecule has 25 heavy (non-hydrogen) atoms. The molecule has 1 amide bonds. The number of nitrogens with zero attached hydrogens (tertiary/aromatic N) is 3. The predicted octanol–water partition coefficient (Wildman–Crippen LogP) is 0.793. The molecule has 7 heteroatoms. The number of ether oxygens (including phenoxy) is 1. The monoisotopic (exact) mass is 342 g/mol. The maximum absolute atomic E-state index is 12.3. The average molecular weight is 342 g/mol. The van der Waals surface area contributed by atoms with Crippen molar-refractivity contribution in [2.75, 3.05) is 32.8 Å². The zero-order valence-electron chi connectivity index (χ0n) is 14.2. The van der Waals surface area contributed by atoms with Crippen LogP contribution in [-0.2, 0) is 16.6 Å². The van der Waals surface area contributed by atoms with Crippen molar-refractivity contribution in [1.29, 1.82) is 0 Å². The number of carbonyl (C=O) groups excluding carboxylic acids is 2. The highest BCUT2D eigenvalue weighted by Crippen LogP contribution is 2.20. The molecule has 0 bridgehead atoms. The zero-order valence-corrected chi connectivity index (χ0v) is 14.2. The fourth-order valence-corrected chi connectivity index (χ4v) is 3.00. The molecular weight excluding hydrogens is 320 g/mol. The lowest BCUT2D eigenvalue weighted by Crippen LogP contribution is -2.45. The summed E-state index contributed by atoms with van der Waals surface area (Å²) in [6.07, 6.45) is 5.26. The summed E-state index contributed by atoms with van der Waals surface area (Å²) in [6, 6.07) is 7.20. The smallest absolute Gasteiger partial charge is 0.294 e. The van der Waals surface area contributed by atoms with Gasteiger partial charge >= 0.3 is 0 Å². The van der Waals surface area contributed by atoms with Gasteiger partial charge in [-0.05, 0) is 23.8 Å². The van der Waals surface area contributed by atoms with E-state index >= 15 is 0 Å². The summed E-state index contributed by atoms with van der Waals surface area (Å²) in [5, 5.41) is 2.78. The Morgan fingerprint density at radius 2 is 2.08 bits per heavy atom. The molecule has 1 saturated heterocycles. The standard InChI is InChI=1S/C18H22N4O3/c1-21-7-3-5-15(21)17(23)18(24)20-13-16(14-4-2-6-19-12-14)22-8-10-25-11-9-22/h2-7,12,16H,8-11,13H2,1H3,(H,20,24). The van der Waals surface area contributed by atoms with E-state index < -0.39 is 11.7 Å². The van der Waals surface area contributed by atoms with Crippen LogP contribution in [0, 0.1) is 0 Å². The summed E-state index contributed by atoms with van der Waals surface area (Å²) in [6.45, 7) is 3.23. The maximum Gasteiger partial charge on any atom is 0.294 e. The second-order valence-electron chi connectivity index (χ2n) is 5.99. The van der Waals surface area contributed by atoms with Gasteiger partial charge in [0.25, 0.3) is 11.7 Å². The van der Waals surface area contributed by atoms with Crippen molar-refractivity contribution >= 4 is 11.7 Å². The first kappa shape index (κ1) is 17.3. The minimum atomic E-state index is -0.594. The van der Waals surface area contributed by atoms with Gasteiger partial charge in [0.1, 0.15) is 0 Å². The number of aromatic nitrogens is 2. The van der Waals surface area contributed by atoms with Gasteiger partial charge in [0.15, 0.2) is 0 Å². The van der Waals surface area contributed by atoms with Gasteiger partial charge in [-0.25, -0.2) is 0 Å². The summed E-state index contributed by atoms with van der Waals surface area (Å²) >= 11 is 0. The molecule has 1 fully saturated rings. The van der Waals surface area contributed by atoms with Crippen LogP contribution in [0.4, 0.5) is 0 Å². The fraction of sp³-hybridized carbons (Fsp3) is 0.389. The molecule has 0 aromatic carbocycles. The highest BCUT2D eigenvalue weighted by molar-refractivity contribution is 6.42. The van der Waals surface area contributed by atoms with Gasteiger partial charge in [-0.1, -0.05) is 6.07 Å². The molecule has 0 saturated carbocycles. The lowest BCUT2D eigenvalue weighted by molar-refractivity contribution is -0.117. The first-order chi connectivity index (χ1) is 12.2. The van der Waals surface area contributed by atoms with Gasteiger partial charge in [-0.15, -0.1) is 0 Å². The van der Waals surface area contributed by atoms with E-state index in [1.807, 2.05) is 12.1 Å². The quantitative estimate of drug-likeness (QED) is 0.620. The van der Waals surface area contributed by atoms with Crippen LogP contribution in [0.15, 0.2) is 42.9 Å². The van der Waals surface area contributed by atoms with Gasteiger partial charge in [-0.2, -0.15) is 0 Å². The van der Waals surface area contributed by atoms with Crippen molar-refractivity contribution in [3.8, 4) is 0 Å². The molecule has 2 aromatic rings. The first-order valence-electron chi connectivity index (χ1n) is 8.32. The van der Waals surface area contributed by atoms with Gasteiger partial charge in [0, 0.05) is 45.3 Å². The second-order valence-corrected chi connectivity index (χ2v) is 5.99. The van der Waals surface area contributed by atoms with Crippen LogP contribution in [0.1, 0.15) is 22.1 Å². The van der Waals surface area contributed by atoms with Crippen molar-refractivity contribution in [1.82, 2.24) is 19.8 Å². The van der Waals surface area contributed by atoms with E-state index in [2.05, 4.69) is 15.2 Å². The topological polar surface area (TPSA) is 76.5 Å². The number of ketones is 1. The molecule has 0 spiro atoms. The number of hydrogen-bond donors (Lipinski definition) is 1. The van der Waals surface area contributed by atoms with Crippen molar-refractivity contribution in [2.24, 2.45) is 7.05 Å². The third-order valence-corrected chi connectivity index (χ3v) is 4.39. The summed E-state index contributed by atoms with van der Waals surface area (Å²) < 4.78 is 7.05. The molecule has 2 aromatic heterocycles. The van der Waals surface area contributed by atoms with E-state index in [-0.39, 0.29) is 6.04 Å². The number of aryl methyl sites for hydroxylation is 1. The second kappa shape index (κ2) is 8.04. The van der Waals surface area contributed by atoms with E-state index in [1.54, 1.807) is 42.3 Å². The van der Waals surface area contributed by atoms with Gasteiger partial charge in [0.05, 0.1) is 24.9 Å². The largest absolute Gasteiger partial charge is 0.379 e. The molecule has 1 aliphatic heterocycles. The number of nitrogens with one attached hydrogen (secondary N) is 1. The molecule has 3 heterocycles. The van der Waals surface area contributed by atoms with E-state index in [1.165, 1.54) is 0 Å².